The lowest BCUT2D eigenvalue weighted by Crippen LogP contribution is -2.44. The van der Waals surface area contributed by atoms with Gasteiger partial charge in [0.1, 0.15) is 0 Å². The van der Waals surface area contributed by atoms with E-state index in [1.807, 2.05) is 34.2 Å². The number of thiophene rings is 1. The number of carbonyl (C=O) groups excluding carboxylic acids is 2. The molecule has 1 aliphatic heterocycles. The number of benzene rings is 1. The first kappa shape index (κ1) is 18.6. The molecule has 2 aromatic rings. The normalized spacial score (nSPS) is 15.1. The number of hydrogen-bond acceptors (Lipinski definition) is 3. The minimum Gasteiger partial charge on any atom is -0.338 e. The second-order valence-electron chi connectivity index (χ2n) is 6.97. The van der Waals surface area contributed by atoms with Crippen molar-refractivity contribution in [3.8, 4) is 0 Å². The summed E-state index contributed by atoms with van der Waals surface area (Å²) in [4.78, 5) is 30.1. The van der Waals surface area contributed by atoms with Gasteiger partial charge in [-0.25, -0.2) is 0 Å². The van der Waals surface area contributed by atoms with Crippen molar-refractivity contribution in [2.45, 2.75) is 33.6 Å². The van der Waals surface area contributed by atoms with Gasteiger partial charge in [0, 0.05) is 31.2 Å². The van der Waals surface area contributed by atoms with E-state index in [9.17, 15) is 9.59 Å². The van der Waals surface area contributed by atoms with E-state index in [2.05, 4.69) is 32.0 Å². The van der Waals surface area contributed by atoms with Gasteiger partial charge in [-0.15, -0.1) is 11.3 Å². The molecule has 3 rings (SSSR count). The summed E-state index contributed by atoms with van der Waals surface area (Å²) < 4.78 is 0. The van der Waals surface area contributed by atoms with Crippen LogP contribution in [-0.4, -0.2) is 36.3 Å². The van der Waals surface area contributed by atoms with Crippen LogP contribution in [0.4, 0.5) is 5.69 Å². The van der Waals surface area contributed by atoms with Gasteiger partial charge in [0.05, 0.1) is 4.88 Å². The second-order valence-corrected chi connectivity index (χ2v) is 7.92. The number of carbonyl (C=O) groups is 2. The van der Waals surface area contributed by atoms with Gasteiger partial charge in [-0.2, -0.15) is 0 Å². The maximum atomic E-state index is 13.1. The third-order valence-electron chi connectivity index (χ3n) is 4.96. The fraction of sp³-hybridized carbons (Fsp3) is 0.429. The minimum atomic E-state index is -0.0110. The molecule has 1 aliphatic rings. The summed E-state index contributed by atoms with van der Waals surface area (Å²) in [6.45, 7) is 8.10. The Morgan fingerprint density at radius 3 is 2.35 bits per heavy atom. The standard InChI is InChI=1S/C21H26N2O2S/c1-4-23(18-13-15(2)12-16(3)14-18)20(24)17-7-9-22(10-8-17)21(25)19-6-5-11-26-19/h5-6,11-14,17H,4,7-10H2,1-3H3. The summed E-state index contributed by atoms with van der Waals surface area (Å²) in [5, 5.41) is 1.92. The molecular formula is C21H26N2O2S. The summed E-state index contributed by atoms with van der Waals surface area (Å²) >= 11 is 1.47. The smallest absolute Gasteiger partial charge is 0.263 e. The van der Waals surface area contributed by atoms with E-state index in [1.165, 1.54) is 22.5 Å². The molecule has 2 heterocycles. The van der Waals surface area contributed by atoms with Crippen molar-refractivity contribution in [2.75, 3.05) is 24.5 Å². The molecule has 1 aromatic carbocycles. The molecule has 0 aliphatic carbocycles. The van der Waals surface area contributed by atoms with Crippen LogP contribution in [0.25, 0.3) is 0 Å². The summed E-state index contributed by atoms with van der Waals surface area (Å²) in [6, 6.07) is 10.0. The summed E-state index contributed by atoms with van der Waals surface area (Å²) in [5.74, 6) is 0.261. The number of nitrogens with zero attached hydrogens (tertiary/aromatic N) is 2. The maximum absolute atomic E-state index is 13.1. The number of hydrogen-bond donors (Lipinski definition) is 0. The first-order chi connectivity index (χ1) is 12.5. The monoisotopic (exact) mass is 370 g/mol. The van der Waals surface area contributed by atoms with Crippen LogP contribution in [0.15, 0.2) is 35.7 Å². The number of piperidine rings is 1. The van der Waals surface area contributed by atoms with Crippen molar-refractivity contribution < 1.29 is 9.59 Å². The summed E-state index contributed by atoms with van der Waals surface area (Å²) in [6.07, 6.45) is 1.47. The van der Waals surface area contributed by atoms with E-state index in [1.54, 1.807) is 0 Å². The van der Waals surface area contributed by atoms with Crippen LogP contribution in [0, 0.1) is 19.8 Å². The summed E-state index contributed by atoms with van der Waals surface area (Å²) in [7, 11) is 0. The highest BCUT2D eigenvalue weighted by atomic mass is 32.1. The van der Waals surface area contributed by atoms with Crippen molar-refractivity contribution in [3.05, 3.63) is 51.7 Å². The number of aryl methyl sites for hydroxylation is 2. The molecule has 5 heteroatoms. The maximum Gasteiger partial charge on any atom is 0.263 e. The fourth-order valence-electron chi connectivity index (χ4n) is 3.68. The molecule has 0 saturated carbocycles. The lowest BCUT2D eigenvalue weighted by molar-refractivity contribution is -0.123. The van der Waals surface area contributed by atoms with Crippen molar-refractivity contribution >= 4 is 28.8 Å². The first-order valence-electron chi connectivity index (χ1n) is 9.22. The van der Waals surface area contributed by atoms with Crippen molar-refractivity contribution in [1.29, 1.82) is 0 Å². The Morgan fingerprint density at radius 1 is 1.15 bits per heavy atom. The van der Waals surface area contributed by atoms with E-state index in [0.717, 1.165) is 23.4 Å². The molecule has 2 amide bonds. The third-order valence-corrected chi connectivity index (χ3v) is 5.82. The number of anilines is 1. The van der Waals surface area contributed by atoms with E-state index in [0.29, 0.717) is 19.6 Å². The molecule has 4 nitrogen and oxygen atoms in total. The third kappa shape index (κ3) is 3.98. The molecule has 0 N–H and O–H groups in total. The lowest BCUT2D eigenvalue weighted by atomic mass is 9.94. The Balaban J connectivity index is 1.66. The van der Waals surface area contributed by atoms with Gasteiger partial charge >= 0.3 is 0 Å². The van der Waals surface area contributed by atoms with E-state index >= 15 is 0 Å². The highest BCUT2D eigenvalue weighted by Crippen LogP contribution is 2.26. The molecule has 1 fully saturated rings. The van der Waals surface area contributed by atoms with E-state index in [-0.39, 0.29) is 17.7 Å². The summed E-state index contributed by atoms with van der Waals surface area (Å²) in [5.41, 5.74) is 3.32. The predicted molar refractivity (Wildman–Crippen MR) is 107 cm³/mol. The molecule has 0 atom stereocenters. The number of amides is 2. The molecule has 1 aromatic heterocycles. The fourth-order valence-corrected chi connectivity index (χ4v) is 4.37. The quantitative estimate of drug-likeness (QED) is 0.806. The van der Waals surface area contributed by atoms with Crippen LogP contribution in [0.3, 0.4) is 0 Å². The van der Waals surface area contributed by atoms with Gasteiger partial charge in [0.15, 0.2) is 0 Å². The van der Waals surface area contributed by atoms with Crippen LogP contribution in [0.5, 0.6) is 0 Å². The molecule has 1 saturated heterocycles. The molecular weight excluding hydrogens is 344 g/mol. The molecule has 138 valence electrons. The zero-order valence-electron chi connectivity index (χ0n) is 15.7. The molecule has 26 heavy (non-hydrogen) atoms. The average molecular weight is 371 g/mol. The average Bonchev–Trinajstić information content (AvgIpc) is 3.15. The lowest BCUT2D eigenvalue weighted by Gasteiger charge is -2.34. The van der Waals surface area contributed by atoms with Gasteiger partial charge < -0.3 is 9.80 Å². The van der Waals surface area contributed by atoms with Crippen LogP contribution in [0.2, 0.25) is 0 Å². The SMILES string of the molecule is CCN(C(=O)C1CCN(C(=O)c2cccs2)CC1)c1cc(C)cc(C)c1. The van der Waals surface area contributed by atoms with Crippen molar-refractivity contribution in [3.63, 3.8) is 0 Å². The largest absolute Gasteiger partial charge is 0.338 e. The Labute approximate surface area is 159 Å². The number of rotatable bonds is 4. The predicted octanol–water partition coefficient (Wildman–Crippen LogP) is 4.27. The molecule has 0 bridgehead atoms. The topological polar surface area (TPSA) is 40.6 Å². The zero-order valence-corrected chi connectivity index (χ0v) is 16.5. The molecule has 0 spiro atoms. The van der Waals surface area contributed by atoms with Crippen LogP contribution >= 0.6 is 11.3 Å². The van der Waals surface area contributed by atoms with Crippen LogP contribution < -0.4 is 4.90 Å². The zero-order chi connectivity index (χ0) is 18.7. The van der Waals surface area contributed by atoms with Crippen molar-refractivity contribution in [2.24, 2.45) is 5.92 Å². The van der Waals surface area contributed by atoms with E-state index in [4.69, 9.17) is 0 Å². The van der Waals surface area contributed by atoms with Gasteiger partial charge in [0.25, 0.3) is 5.91 Å². The van der Waals surface area contributed by atoms with Gasteiger partial charge in [-0.05, 0) is 68.3 Å². The highest BCUT2D eigenvalue weighted by molar-refractivity contribution is 7.12. The number of likely N-dealkylation sites (tertiary alicyclic amines) is 1. The van der Waals surface area contributed by atoms with Gasteiger partial charge in [-0.1, -0.05) is 12.1 Å². The Morgan fingerprint density at radius 2 is 1.81 bits per heavy atom. The Hall–Kier alpha value is -2.14. The Bertz CT molecular complexity index is 757. The van der Waals surface area contributed by atoms with Gasteiger partial charge in [0.2, 0.25) is 5.91 Å². The van der Waals surface area contributed by atoms with Gasteiger partial charge in [-0.3, -0.25) is 9.59 Å². The van der Waals surface area contributed by atoms with Crippen LogP contribution in [-0.2, 0) is 4.79 Å². The molecule has 0 radical (unpaired) electrons. The van der Waals surface area contributed by atoms with E-state index < -0.39 is 0 Å². The Kier molecular flexibility index (Phi) is 5.77. The second kappa shape index (κ2) is 8.04. The minimum absolute atomic E-state index is 0.0110. The first-order valence-corrected chi connectivity index (χ1v) is 10.1. The van der Waals surface area contributed by atoms with Crippen molar-refractivity contribution in [1.82, 2.24) is 4.90 Å². The van der Waals surface area contributed by atoms with Crippen LogP contribution in [0.1, 0.15) is 40.6 Å². The highest BCUT2D eigenvalue weighted by Gasteiger charge is 2.31. The molecule has 0 unspecified atom stereocenters.